The number of hydrazone groups is 1. The van der Waals surface area contributed by atoms with Crippen LogP contribution in [0.1, 0.15) is 11.1 Å². The minimum atomic E-state index is -4.10. The van der Waals surface area contributed by atoms with E-state index in [1.807, 2.05) is 48.5 Å². The van der Waals surface area contributed by atoms with Crippen molar-refractivity contribution in [1.82, 2.24) is 5.43 Å². The van der Waals surface area contributed by atoms with E-state index in [9.17, 15) is 13.2 Å². The van der Waals surface area contributed by atoms with E-state index < -0.39 is 22.5 Å². The van der Waals surface area contributed by atoms with E-state index in [1.54, 1.807) is 30.3 Å². The molecule has 0 aliphatic rings. The first-order valence-electron chi connectivity index (χ1n) is 13.7. The van der Waals surface area contributed by atoms with Gasteiger partial charge in [0.1, 0.15) is 18.9 Å². The first-order chi connectivity index (χ1) is 21.4. The molecule has 5 aromatic rings. The Hall–Kier alpha value is -5.35. The quantitative estimate of drug-likeness (QED) is 0.142. The van der Waals surface area contributed by atoms with Gasteiger partial charge in [0.05, 0.1) is 31.0 Å². The zero-order chi connectivity index (χ0) is 30.9. The van der Waals surface area contributed by atoms with Crippen LogP contribution in [-0.4, -0.2) is 41.3 Å². The topological polar surface area (TPSA) is 107 Å². The Kier molecular flexibility index (Phi) is 9.41. The number of nitrogens with one attached hydrogen (secondary N) is 1. The number of nitrogens with zero attached hydrogens (tertiary/aromatic N) is 2. The van der Waals surface area contributed by atoms with Gasteiger partial charge in [-0.05, 0) is 70.4 Å². The van der Waals surface area contributed by atoms with Gasteiger partial charge >= 0.3 is 0 Å². The summed E-state index contributed by atoms with van der Waals surface area (Å²) in [5, 5.41) is 6.34. The van der Waals surface area contributed by atoms with Gasteiger partial charge in [0, 0.05) is 6.07 Å². The van der Waals surface area contributed by atoms with Crippen LogP contribution in [0.15, 0.2) is 125 Å². The van der Waals surface area contributed by atoms with Gasteiger partial charge in [-0.15, -0.1) is 0 Å². The standard InChI is InChI=1S/C34H31N3O6S/c1-41-32-20-17-28(21-33(32)42-2)37(44(39,40)30-12-4-3-5-13-30)23-34(38)36-35-22-25-15-18-29(19-16-25)43-24-27-11-8-10-26-9-6-7-14-31(26)27/h3-22H,23-24H2,1-2H3,(H,36,38)/b35-22-. The van der Waals surface area contributed by atoms with Crippen molar-refractivity contribution in [3.8, 4) is 17.2 Å². The number of methoxy groups -OCH3 is 2. The molecule has 0 radical (unpaired) electrons. The van der Waals surface area contributed by atoms with Gasteiger partial charge in [-0.1, -0.05) is 60.7 Å². The predicted molar refractivity (Wildman–Crippen MR) is 171 cm³/mol. The molecule has 224 valence electrons. The Balaban J connectivity index is 1.25. The monoisotopic (exact) mass is 609 g/mol. The van der Waals surface area contributed by atoms with Crippen LogP contribution in [0.2, 0.25) is 0 Å². The second-order valence-corrected chi connectivity index (χ2v) is 11.5. The number of ether oxygens (including phenoxy) is 3. The molecule has 0 atom stereocenters. The molecule has 0 spiro atoms. The van der Waals surface area contributed by atoms with Gasteiger partial charge in [0.15, 0.2) is 11.5 Å². The molecular formula is C34H31N3O6S. The van der Waals surface area contributed by atoms with Crippen LogP contribution in [0.3, 0.4) is 0 Å². The molecule has 0 fully saturated rings. The molecule has 0 aliphatic carbocycles. The summed E-state index contributed by atoms with van der Waals surface area (Å²) in [5.74, 6) is 0.801. The van der Waals surface area contributed by atoms with Gasteiger partial charge in [0.25, 0.3) is 15.9 Å². The summed E-state index contributed by atoms with van der Waals surface area (Å²) in [5.41, 5.74) is 4.46. The summed E-state index contributed by atoms with van der Waals surface area (Å²) in [6.07, 6.45) is 1.47. The molecular weight excluding hydrogens is 578 g/mol. The van der Waals surface area contributed by atoms with E-state index in [4.69, 9.17) is 14.2 Å². The maximum atomic E-state index is 13.6. The van der Waals surface area contributed by atoms with Crippen molar-refractivity contribution in [2.75, 3.05) is 25.1 Å². The van der Waals surface area contributed by atoms with Crippen molar-refractivity contribution in [2.24, 2.45) is 5.10 Å². The zero-order valence-electron chi connectivity index (χ0n) is 24.2. The number of hydrogen-bond acceptors (Lipinski definition) is 7. The largest absolute Gasteiger partial charge is 0.493 e. The van der Waals surface area contributed by atoms with E-state index in [1.165, 1.54) is 38.6 Å². The fourth-order valence-corrected chi connectivity index (χ4v) is 6.02. The van der Waals surface area contributed by atoms with E-state index in [-0.39, 0.29) is 10.6 Å². The molecule has 0 bridgehead atoms. The van der Waals surface area contributed by atoms with Crippen molar-refractivity contribution in [3.63, 3.8) is 0 Å². The van der Waals surface area contributed by atoms with Crippen LogP contribution in [0.4, 0.5) is 5.69 Å². The number of amides is 1. The van der Waals surface area contributed by atoms with Crippen LogP contribution in [0.25, 0.3) is 10.8 Å². The van der Waals surface area contributed by atoms with Crippen LogP contribution >= 0.6 is 0 Å². The lowest BCUT2D eigenvalue weighted by Gasteiger charge is -2.24. The highest BCUT2D eigenvalue weighted by atomic mass is 32.2. The van der Waals surface area contributed by atoms with Crippen molar-refractivity contribution in [3.05, 3.63) is 126 Å². The summed E-state index contributed by atoms with van der Waals surface area (Å²) >= 11 is 0. The second kappa shape index (κ2) is 13.7. The number of carbonyl (C=O) groups excluding carboxylic acids is 1. The highest BCUT2D eigenvalue weighted by Gasteiger charge is 2.28. The minimum absolute atomic E-state index is 0.0360. The number of fused-ring (bicyclic) bond motifs is 1. The maximum Gasteiger partial charge on any atom is 0.264 e. The molecule has 5 aromatic carbocycles. The van der Waals surface area contributed by atoms with Crippen molar-refractivity contribution in [2.45, 2.75) is 11.5 Å². The van der Waals surface area contributed by atoms with Gasteiger partial charge < -0.3 is 14.2 Å². The van der Waals surface area contributed by atoms with Crippen LogP contribution in [0.5, 0.6) is 17.2 Å². The molecule has 0 saturated carbocycles. The molecule has 44 heavy (non-hydrogen) atoms. The summed E-state index contributed by atoms with van der Waals surface area (Å²) < 4.78 is 44.8. The van der Waals surface area contributed by atoms with Crippen molar-refractivity contribution >= 4 is 38.6 Å². The highest BCUT2D eigenvalue weighted by molar-refractivity contribution is 7.92. The molecule has 0 unspecified atom stereocenters. The zero-order valence-corrected chi connectivity index (χ0v) is 25.0. The first-order valence-corrected chi connectivity index (χ1v) is 15.1. The van der Waals surface area contributed by atoms with Crippen LogP contribution in [0, 0.1) is 0 Å². The fourth-order valence-electron chi connectivity index (χ4n) is 4.59. The third kappa shape index (κ3) is 6.99. The SMILES string of the molecule is COc1ccc(N(CC(=O)N/N=C\c2ccc(OCc3cccc4ccccc34)cc2)S(=O)(=O)c2ccccc2)cc1OC. The lowest BCUT2D eigenvalue weighted by molar-refractivity contribution is -0.119. The normalized spacial score (nSPS) is 11.3. The third-order valence-electron chi connectivity index (χ3n) is 6.83. The van der Waals surface area contributed by atoms with E-state index in [2.05, 4.69) is 28.7 Å². The maximum absolute atomic E-state index is 13.6. The highest BCUT2D eigenvalue weighted by Crippen LogP contribution is 2.33. The Bertz CT molecular complexity index is 1870. The van der Waals surface area contributed by atoms with Gasteiger partial charge in [0.2, 0.25) is 0 Å². The summed E-state index contributed by atoms with van der Waals surface area (Å²) in [7, 11) is -1.18. The summed E-state index contributed by atoms with van der Waals surface area (Å²) in [6.45, 7) is -0.0989. The number of benzene rings is 5. The lowest BCUT2D eigenvalue weighted by Crippen LogP contribution is -2.39. The second-order valence-electron chi connectivity index (χ2n) is 9.65. The van der Waals surface area contributed by atoms with E-state index >= 15 is 0 Å². The first kappa shape index (κ1) is 30.1. The molecule has 10 heteroatoms. The van der Waals surface area contributed by atoms with Crippen molar-refractivity contribution in [1.29, 1.82) is 0 Å². The van der Waals surface area contributed by atoms with Gasteiger partial charge in [-0.3, -0.25) is 9.10 Å². The number of anilines is 1. The summed E-state index contributed by atoms with van der Waals surface area (Å²) in [6, 6.07) is 34.0. The lowest BCUT2D eigenvalue weighted by atomic mass is 10.1. The van der Waals surface area contributed by atoms with Gasteiger partial charge in [-0.2, -0.15) is 5.10 Å². The molecule has 9 nitrogen and oxygen atoms in total. The Labute approximate surface area is 256 Å². The summed E-state index contributed by atoms with van der Waals surface area (Å²) in [4.78, 5) is 13.0. The smallest absolute Gasteiger partial charge is 0.264 e. The average Bonchev–Trinajstić information content (AvgIpc) is 3.06. The molecule has 1 amide bonds. The predicted octanol–water partition coefficient (Wildman–Crippen LogP) is 5.78. The Morgan fingerprint density at radius 3 is 2.27 bits per heavy atom. The van der Waals surface area contributed by atoms with E-state index in [0.29, 0.717) is 23.9 Å². The number of hydrogen-bond donors (Lipinski definition) is 1. The molecule has 5 rings (SSSR count). The molecule has 0 heterocycles. The van der Waals surface area contributed by atoms with Crippen molar-refractivity contribution < 1.29 is 27.4 Å². The molecule has 0 aliphatic heterocycles. The van der Waals surface area contributed by atoms with Crippen LogP contribution in [-0.2, 0) is 21.4 Å². The Morgan fingerprint density at radius 2 is 1.52 bits per heavy atom. The van der Waals surface area contributed by atoms with E-state index in [0.717, 1.165) is 26.2 Å². The molecule has 0 saturated heterocycles. The van der Waals surface area contributed by atoms with Gasteiger partial charge in [-0.25, -0.2) is 13.8 Å². The third-order valence-corrected chi connectivity index (χ3v) is 8.62. The minimum Gasteiger partial charge on any atom is -0.493 e. The number of rotatable bonds is 12. The Morgan fingerprint density at radius 1 is 0.818 bits per heavy atom. The molecule has 0 aromatic heterocycles. The fraction of sp³-hybridized carbons (Fsp3) is 0.118. The number of sulfonamides is 1. The average molecular weight is 610 g/mol. The van der Waals surface area contributed by atoms with Crippen LogP contribution < -0.4 is 23.9 Å². The number of carbonyl (C=O) groups is 1. The molecule has 1 N–H and O–H groups in total.